The van der Waals surface area contributed by atoms with Crippen molar-refractivity contribution < 1.29 is 4.79 Å². The Kier molecular flexibility index (Phi) is 4.66. The van der Waals surface area contributed by atoms with E-state index in [1.54, 1.807) is 19.3 Å². The lowest BCUT2D eigenvalue weighted by Crippen LogP contribution is -2.39. The van der Waals surface area contributed by atoms with Crippen molar-refractivity contribution in [3.8, 4) is 0 Å². The lowest BCUT2D eigenvalue weighted by atomic mass is 9.97. The molecular formula is C20H22N6O. The number of anilines is 1. The van der Waals surface area contributed by atoms with Crippen LogP contribution in [0.2, 0.25) is 0 Å². The summed E-state index contributed by atoms with van der Waals surface area (Å²) >= 11 is 0. The van der Waals surface area contributed by atoms with E-state index in [2.05, 4.69) is 15.0 Å². The first kappa shape index (κ1) is 17.3. The van der Waals surface area contributed by atoms with Crippen LogP contribution < -0.4 is 5.73 Å². The number of nitrogen functional groups attached to an aromatic ring is 1. The molecular weight excluding hydrogens is 340 g/mol. The summed E-state index contributed by atoms with van der Waals surface area (Å²) in [6.45, 7) is 2.55. The maximum absolute atomic E-state index is 13.0. The van der Waals surface area contributed by atoms with Crippen LogP contribution in [0.5, 0.6) is 0 Å². The van der Waals surface area contributed by atoms with Gasteiger partial charge in [-0.2, -0.15) is 0 Å². The summed E-state index contributed by atoms with van der Waals surface area (Å²) in [6, 6.07) is 7.59. The molecule has 0 aliphatic carbocycles. The van der Waals surface area contributed by atoms with Gasteiger partial charge in [0.2, 0.25) is 5.91 Å². The van der Waals surface area contributed by atoms with Crippen LogP contribution in [-0.2, 0) is 11.2 Å². The fourth-order valence-electron chi connectivity index (χ4n) is 3.66. The van der Waals surface area contributed by atoms with Gasteiger partial charge in [0.25, 0.3) is 0 Å². The van der Waals surface area contributed by atoms with Crippen molar-refractivity contribution in [2.24, 2.45) is 0 Å². The summed E-state index contributed by atoms with van der Waals surface area (Å²) in [5.41, 5.74) is 8.41. The predicted octanol–water partition coefficient (Wildman–Crippen LogP) is 2.61. The number of amides is 1. The third-order valence-electron chi connectivity index (χ3n) is 4.99. The number of hydrogen-bond donors (Lipinski definition) is 1. The van der Waals surface area contributed by atoms with Crippen molar-refractivity contribution in [1.82, 2.24) is 24.8 Å². The zero-order chi connectivity index (χ0) is 18.8. The van der Waals surface area contributed by atoms with Gasteiger partial charge in [-0.1, -0.05) is 0 Å². The average molecular weight is 362 g/mol. The summed E-state index contributed by atoms with van der Waals surface area (Å²) in [5.74, 6) is 1.15. The Labute approximate surface area is 157 Å². The van der Waals surface area contributed by atoms with E-state index in [-0.39, 0.29) is 11.9 Å². The molecule has 7 heteroatoms. The standard InChI is InChI=1S/C20H22N6O/c1-13-23-19(21)15-5-6-16(25-20(15)24-13)17-4-2-3-11-26(17)18(27)12-14-7-9-22-10-8-14/h5-10,17H,2-4,11-12H2,1H3,(H2,21,23,24,25)/t17-/m1/s1. The SMILES string of the molecule is Cc1nc(N)c2ccc([C@H]3CCCCN3C(=O)Cc3ccncc3)nc2n1. The van der Waals surface area contributed by atoms with Crippen LogP contribution in [-0.4, -0.2) is 37.3 Å². The van der Waals surface area contributed by atoms with Gasteiger partial charge >= 0.3 is 0 Å². The first-order valence-corrected chi connectivity index (χ1v) is 9.21. The van der Waals surface area contributed by atoms with E-state index in [1.807, 2.05) is 29.2 Å². The number of aromatic nitrogens is 4. The van der Waals surface area contributed by atoms with Gasteiger partial charge < -0.3 is 10.6 Å². The molecule has 0 unspecified atom stereocenters. The molecule has 0 saturated carbocycles. The topological polar surface area (TPSA) is 97.9 Å². The molecule has 27 heavy (non-hydrogen) atoms. The maximum atomic E-state index is 13.0. The molecule has 3 aromatic heterocycles. The molecule has 1 atom stereocenters. The number of pyridine rings is 2. The van der Waals surface area contributed by atoms with Gasteiger partial charge in [-0.15, -0.1) is 0 Å². The molecule has 0 bridgehead atoms. The van der Waals surface area contributed by atoms with E-state index in [1.165, 1.54) is 0 Å². The smallest absolute Gasteiger partial charge is 0.227 e. The lowest BCUT2D eigenvalue weighted by Gasteiger charge is -2.35. The minimum absolute atomic E-state index is 0.0333. The Morgan fingerprint density at radius 1 is 1.15 bits per heavy atom. The number of piperidine rings is 1. The van der Waals surface area contributed by atoms with Gasteiger partial charge in [0, 0.05) is 18.9 Å². The Bertz CT molecular complexity index is 975. The highest BCUT2D eigenvalue weighted by Gasteiger charge is 2.29. The van der Waals surface area contributed by atoms with Crippen LogP contribution in [0.25, 0.3) is 11.0 Å². The van der Waals surface area contributed by atoms with Gasteiger partial charge in [0.05, 0.1) is 23.5 Å². The zero-order valence-corrected chi connectivity index (χ0v) is 15.3. The minimum Gasteiger partial charge on any atom is -0.383 e. The highest BCUT2D eigenvalue weighted by molar-refractivity contribution is 5.85. The van der Waals surface area contributed by atoms with Crippen molar-refractivity contribution in [2.45, 2.75) is 38.6 Å². The molecule has 0 radical (unpaired) electrons. The van der Waals surface area contributed by atoms with Crippen molar-refractivity contribution in [3.63, 3.8) is 0 Å². The summed E-state index contributed by atoms with van der Waals surface area (Å²) in [4.78, 5) is 32.3. The number of carbonyl (C=O) groups is 1. The van der Waals surface area contributed by atoms with Gasteiger partial charge in [-0.3, -0.25) is 9.78 Å². The van der Waals surface area contributed by atoms with Gasteiger partial charge in [0.15, 0.2) is 5.65 Å². The normalized spacial score (nSPS) is 17.2. The maximum Gasteiger partial charge on any atom is 0.227 e. The molecule has 1 saturated heterocycles. The zero-order valence-electron chi connectivity index (χ0n) is 15.3. The number of fused-ring (bicyclic) bond motifs is 1. The van der Waals surface area contributed by atoms with Crippen molar-refractivity contribution in [1.29, 1.82) is 0 Å². The molecule has 7 nitrogen and oxygen atoms in total. The van der Waals surface area contributed by atoms with E-state index in [0.29, 0.717) is 23.7 Å². The second-order valence-corrected chi connectivity index (χ2v) is 6.89. The molecule has 1 amide bonds. The van der Waals surface area contributed by atoms with E-state index in [9.17, 15) is 4.79 Å². The van der Waals surface area contributed by atoms with Crippen LogP contribution >= 0.6 is 0 Å². The Balaban J connectivity index is 1.64. The van der Waals surface area contributed by atoms with Gasteiger partial charge in [0.1, 0.15) is 11.6 Å². The predicted molar refractivity (Wildman–Crippen MR) is 103 cm³/mol. The van der Waals surface area contributed by atoms with Crippen LogP contribution in [0, 0.1) is 6.92 Å². The second-order valence-electron chi connectivity index (χ2n) is 6.89. The fraction of sp³-hybridized carbons (Fsp3) is 0.350. The fourth-order valence-corrected chi connectivity index (χ4v) is 3.66. The lowest BCUT2D eigenvalue weighted by molar-refractivity contribution is -0.134. The molecule has 0 aromatic carbocycles. The Morgan fingerprint density at radius 2 is 1.96 bits per heavy atom. The van der Waals surface area contributed by atoms with Crippen LogP contribution in [0.3, 0.4) is 0 Å². The molecule has 1 fully saturated rings. The van der Waals surface area contributed by atoms with Crippen LogP contribution in [0.4, 0.5) is 5.82 Å². The van der Waals surface area contributed by atoms with Crippen LogP contribution in [0.15, 0.2) is 36.7 Å². The van der Waals surface area contributed by atoms with Crippen molar-refractivity contribution in [3.05, 3.63) is 53.7 Å². The highest BCUT2D eigenvalue weighted by Crippen LogP contribution is 2.31. The molecule has 0 spiro atoms. The third-order valence-corrected chi connectivity index (χ3v) is 4.99. The highest BCUT2D eigenvalue weighted by atomic mass is 16.2. The number of nitrogens with zero attached hydrogens (tertiary/aromatic N) is 5. The number of nitrogens with two attached hydrogens (primary N) is 1. The monoisotopic (exact) mass is 362 g/mol. The first-order chi connectivity index (χ1) is 13.1. The van der Waals surface area contributed by atoms with E-state index in [4.69, 9.17) is 10.7 Å². The van der Waals surface area contributed by atoms with Crippen LogP contribution in [0.1, 0.15) is 42.4 Å². The largest absolute Gasteiger partial charge is 0.383 e. The van der Waals surface area contributed by atoms with Crippen molar-refractivity contribution >= 4 is 22.8 Å². The molecule has 138 valence electrons. The number of carbonyl (C=O) groups excluding carboxylic acids is 1. The minimum atomic E-state index is -0.0333. The average Bonchev–Trinajstić information content (AvgIpc) is 2.68. The van der Waals surface area contributed by atoms with Crippen molar-refractivity contribution in [2.75, 3.05) is 12.3 Å². The molecule has 4 rings (SSSR count). The summed E-state index contributed by atoms with van der Waals surface area (Å²) < 4.78 is 0. The molecule has 2 N–H and O–H groups in total. The number of aryl methyl sites for hydroxylation is 1. The quantitative estimate of drug-likeness (QED) is 0.769. The van der Waals surface area contributed by atoms with E-state index >= 15 is 0 Å². The van der Waals surface area contributed by atoms with Gasteiger partial charge in [-0.25, -0.2) is 15.0 Å². The van der Waals surface area contributed by atoms with Gasteiger partial charge in [-0.05, 0) is 56.0 Å². The first-order valence-electron chi connectivity index (χ1n) is 9.21. The molecule has 1 aliphatic heterocycles. The molecule has 1 aliphatic rings. The summed E-state index contributed by atoms with van der Waals surface area (Å²) in [5, 5.41) is 0.745. The molecule has 4 heterocycles. The summed E-state index contributed by atoms with van der Waals surface area (Å²) in [6.07, 6.45) is 6.80. The Hall–Kier alpha value is -3.09. The van der Waals surface area contributed by atoms with E-state index < -0.39 is 0 Å². The number of hydrogen-bond acceptors (Lipinski definition) is 6. The third kappa shape index (κ3) is 3.58. The number of rotatable bonds is 3. The second kappa shape index (κ2) is 7.26. The summed E-state index contributed by atoms with van der Waals surface area (Å²) in [7, 11) is 0. The van der Waals surface area contributed by atoms with E-state index in [0.717, 1.165) is 42.5 Å². The Morgan fingerprint density at radius 3 is 2.78 bits per heavy atom. The molecule has 3 aromatic rings. The number of likely N-dealkylation sites (tertiary alicyclic amines) is 1.